The molecule has 6 heteroatoms. The fourth-order valence-electron chi connectivity index (χ4n) is 3.09. The molecule has 1 aliphatic heterocycles. The molecule has 0 fully saturated rings. The van der Waals surface area contributed by atoms with Crippen molar-refractivity contribution in [1.82, 2.24) is 0 Å². The zero-order chi connectivity index (χ0) is 16.0. The minimum atomic E-state index is -1.62. The summed E-state index contributed by atoms with van der Waals surface area (Å²) in [5, 5.41) is 29.1. The van der Waals surface area contributed by atoms with Gasteiger partial charge in [0.2, 0.25) is 5.60 Å². The Hall–Kier alpha value is -2.24. The molecule has 6 nitrogen and oxygen atoms in total. The molecule has 0 amide bonds. The first kappa shape index (κ1) is 15.2. The first-order valence-electron chi connectivity index (χ1n) is 6.77. The summed E-state index contributed by atoms with van der Waals surface area (Å²) < 4.78 is 5.54. The average molecular weight is 294 g/mol. The van der Waals surface area contributed by atoms with E-state index in [0.717, 1.165) is 0 Å². The third-order valence-corrected chi connectivity index (χ3v) is 4.47. The van der Waals surface area contributed by atoms with E-state index in [1.54, 1.807) is 20.8 Å². The molecule has 1 heterocycles. The second-order valence-corrected chi connectivity index (χ2v) is 5.27. The van der Waals surface area contributed by atoms with E-state index in [-0.39, 0.29) is 29.9 Å². The minimum absolute atomic E-state index is 0.0384. The standard InChI is InChI=1S/C15H18O6/c1-4-14(12(17)18)7-6-9(16)11-10(14)8(3)15(5-2,21-11)13(19)20/h6-7,16H,4-5H2,1-3H3,(H,17,18)(H,19,20). The van der Waals surface area contributed by atoms with E-state index in [1.807, 2.05) is 0 Å². The van der Waals surface area contributed by atoms with Gasteiger partial charge in [-0.05, 0) is 31.4 Å². The molecule has 2 unspecified atom stereocenters. The van der Waals surface area contributed by atoms with Crippen LogP contribution in [0.4, 0.5) is 0 Å². The normalized spacial score (nSPS) is 31.2. The SMILES string of the molecule is CCC1(C(=O)O)C=CC(O)=C2OC(CC)(C(=O)O)C(C)=C21. The van der Waals surface area contributed by atoms with Gasteiger partial charge in [-0.3, -0.25) is 4.79 Å². The van der Waals surface area contributed by atoms with E-state index in [2.05, 4.69) is 0 Å². The van der Waals surface area contributed by atoms with Crippen molar-refractivity contribution in [3.63, 3.8) is 0 Å². The lowest BCUT2D eigenvalue weighted by atomic mass is 9.71. The van der Waals surface area contributed by atoms with Crippen LogP contribution in [0.1, 0.15) is 33.6 Å². The molecule has 0 saturated carbocycles. The molecule has 0 aromatic heterocycles. The Morgan fingerprint density at radius 1 is 1.19 bits per heavy atom. The molecular formula is C15H18O6. The number of carboxylic acid groups (broad SMARTS) is 2. The maximum atomic E-state index is 11.8. The van der Waals surface area contributed by atoms with Gasteiger partial charge in [-0.25, -0.2) is 4.79 Å². The number of hydrogen-bond acceptors (Lipinski definition) is 4. The van der Waals surface area contributed by atoms with Crippen LogP contribution < -0.4 is 0 Å². The molecule has 3 N–H and O–H groups in total. The van der Waals surface area contributed by atoms with Gasteiger partial charge in [0.1, 0.15) is 5.41 Å². The van der Waals surface area contributed by atoms with Crippen LogP contribution in [0.25, 0.3) is 0 Å². The molecular weight excluding hydrogens is 276 g/mol. The highest BCUT2D eigenvalue weighted by atomic mass is 16.5. The average Bonchev–Trinajstić information content (AvgIpc) is 2.75. The lowest BCUT2D eigenvalue weighted by Gasteiger charge is -2.29. The number of aliphatic hydroxyl groups excluding tert-OH is 1. The Kier molecular flexibility index (Phi) is 3.35. The van der Waals surface area contributed by atoms with Crippen molar-refractivity contribution in [1.29, 1.82) is 0 Å². The summed E-state index contributed by atoms with van der Waals surface area (Å²) in [7, 11) is 0. The van der Waals surface area contributed by atoms with Gasteiger partial charge < -0.3 is 20.1 Å². The Balaban J connectivity index is 2.79. The zero-order valence-corrected chi connectivity index (χ0v) is 12.1. The Bertz CT molecular complexity index is 612. The number of ether oxygens (including phenoxy) is 1. The first-order valence-corrected chi connectivity index (χ1v) is 6.77. The summed E-state index contributed by atoms with van der Waals surface area (Å²) >= 11 is 0. The molecule has 0 saturated heterocycles. The molecule has 0 aromatic carbocycles. The Morgan fingerprint density at radius 3 is 2.24 bits per heavy atom. The fourth-order valence-corrected chi connectivity index (χ4v) is 3.09. The van der Waals surface area contributed by atoms with Crippen LogP contribution in [0.5, 0.6) is 0 Å². The third-order valence-electron chi connectivity index (χ3n) is 4.47. The maximum absolute atomic E-state index is 11.8. The fraction of sp³-hybridized carbons (Fsp3) is 0.467. The minimum Gasteiger partial charge on any atom is -0.504 e. The van der Waals surface area contributed by atoms with Gasteiger partial charge in [-0.2, -0.15) is 0 Å². The van der Waals surface area contributed by atoms with E-state index in [0.29, 0.717) is 5.57 Å². The largest absolute Gasteiger partial charge is 0.504 e. The number of allylic oxidation sites excluding steroid dienone is 2. The van der Waals surface area contributed by atoms with Crippen molar-refractivity contribution in [2.24, 2.45) is 5.41 Å². The van der Waals surface area contributed by atoms with Gasteiger partial charge in [0.05, 0.1) is 0 Å². The molecule has 114 valence electrons. The van der Waals surface area contributed by atoms with Crippen molar-refractivity contribution in [3.05, 3.63) is 34.8 Å². The summed E-state index contributed by atoms with van der Waals surface area (Å²) in [6.07, 6.45) is 3.01. The predicted octanol–water partition coefficient (Wildman–Crippen LogP) is 2.39. The number of carboxylic acids is 2. The van der Waals surface area contributed by atoms with Crippen molar-refractivity contribution < 1.29 is 29.6 Å². The number of hydrogen-bond donors (Lipinski definition) is 3. The predicted molar refractivity (Wildman–Crippen MR) is 73.6 cm³/mol. The molecule has 0 aromatic rings. The van der Waals surface area contributed by atoms with E-state index < -0.39 is 23.0 Å². The molecule has 2 aliphatic rings. The van der Waals surface area contributed by atoms with Crippen molar-refractivity contribution in [2.45, 2.75) is 39.2 Å². The molecule has 2 atom stereocenters. The summed E-state index contributed by atoms with van der Waals surface area (Å²) in [5.41, 5.74) is -2.42. The molecule has 0 radical (unpaired) electrons. The smallest absolute Gasteiger partial charge is 0.352 e. The van der Waals surface area contributed by atoms with Gasteiger partial charge in [0.25, 0.3) is 0 Å². The van der Waals surface area contributed by atoms with E-state index in [1.165, 1.54) is 12.2 Å². The van der Waals surface area contributed by atoms with Gasteiger partial charge in [0.15, 0.2) is 11.5 Å². The lowest BCUT2D eigenvalue weighted by Crippen LogP contribution is -2.39. The van der Waals surface area contributed by atoms with Crippen LogP contribution in [0.2, 0.25) is 0 Å². The quantitative estimate of drug-likeness (QED) is 0.735. The van der Waals surface area contributed by atoms with Gasteiger partial charge in [-0.15, -0.1) is 0 Å². The van der Waals surface area contributed by atoms with E-state index in [9.17, 15) is 24.9 Å². The Morgan fingerprint density at radius 2 is 1.81 bits per heavy atom. The summed E-state index contributed by atoms with van der Waals surface area (Å²) in [5.74, 6) is -2.57. The summed E-state index contributed by atoms with van der Waals surface area (Å²) in [4.78, 5) is 23.4. The second kappa shape index (κ2) is 4.65. The van der Waals surface area contributed by atoms with E-state index in [4.69, 9.17) is 4.74 Å². The van der Waals surface area contributed by atoms with E-state index >= 15 is 0 Å². The zero-order valence-electron chi connectivity index (χ0n) is 12.1. The van der Waals surface area contributed by atoms with Crippen LogP contribution in [0.3, 0.4) is 0 Å². The molecule has 0 bridgehead atoms. The number of aliphatic hydroxyl groups is 1. The molecule has 0 spiro atoms. The number of rotatable bonds is 4. The number of carbonyl (C=O) groups is 2. The monoisotopic (exact) mass is 294 g/mol. The topological polar surface area (TPSA) is 104 Å². The van der Waals surface area contributed by atoms with Crippen LogP contribution in [-0.4, -0.2) is 32.9 Å². The molecule has 21 heavy (non-hydrogen) atoms. The van der Waals surface area contributed by atoms with Crippen molar-refractivity contribution in [3.8, 4) is 0 Å². The van der Waals surface area contributed by atoms with Crippen LogP contribution in [0, 0.1) is 5.41 Å². The van der Waals surface area contributed by atoms with Gasteiger partial charge >= 0.3 is 11.9 Å². The third kappa shape index (κ3) is 1.71. The highest BCUT2D eigenvalue weighted by Crippen LogP contribution is 2.53. The maximum Gasteiger partial charge on any atom is 0.352 e. The van der Waals surface area contributed by atoms with Crippen molar-refractivity contribution in [2.75, 3.05) is 0 Å². The number of fused-ring (bicyclic) bond motifs is 1. The van der Waals surface area contributed by atoms with Gasteiger partial charge in [0, 0.05) is 5.57 Å². The lowest BCUT2D eigenvalue weighted by molar-refractivity contribution is -0.155. The summed E-state index contributed by atoms with van der Waals surface area (Å²) in [6, 6.07) is 0. The number of aliphatic carboxylic acids is 2. The highest BCUT2D eigenvalue weighted by molar-refractivity contribution is 5.89. The van der Waals surface area contributed by atoms with Crippen LogP contribution in [0.15, 0.2) is 34.8 Å². The molecule has 1 aliphatic carbocycles. The van der Waals surface area contributed by atoms with Crippen molar-refractivity contribution >= 4 is 11.9 Å². The molecule has 2 rings (SSSR count). The Labute approximate surface area is 122 Å². The second-order valence-electron chi connectivity index (χ2n) is 5.27. The summed E-state index contributed by atoms with van der Waals surface area (Å²) in [6.45, 7) is 4.90. The first-order chi connectivity index (χ1) is 9.76. The van der Waals surface area contributed by atoms with Gasteiger partial charge in [-0.1, -0.05) is 19.9 Å². The van der Waals surface area contributed by atoms with Crippen LogP contribution >= 0.6 is 0 Å². The highest BCUT2D eigenvalue weighted by Gasteiger charge is 2.56. The van der Waals surface area contributed by atoms with Crippen LogP contribution in [-0.2, 0) is 14.3 Å².